The van der Waals surface area contributed by atoms with E-state index in [1.54, 1.807) is 0 Å². The Bertz CT molecular complexity index is 1400. The molecule has 0 aliphatic heterocycles. The predicted octanol–water partition coefficient (Wildman–Crippen LogP) is 13.9. The Morgan fingerprint density at radius 3 is 1.06 bits per heavy atom. The van der Waals surface area contributed by atoms with Crippen molar-refractivity contribution in [1.82, 2.24) is 0 Å². The van der Waals surface area contributed by atoms with Gasteiger partial charge in [-0.1, -0.05) is 146 Å². The fraction of sp³-hybridized carbons (Fsp3) is 0.581. The van der Waals surface area contributed by atoms with Crippen molar-refractivity contribution < 1.29 is 13.6 Å². The molecule has 0 aliphatic rings. The summed E-state index contributed by atoms with van der Waals surface area (Å²) in [4.78, 5) is 0. The van der Waals surface area contributed by atoms with E-state index in [1.165, 1.54) is 22.3 Å². The quantitative estimate of drug-likeness (QED) is 0.143. The zero-order valence-electron chi connectivity index (χ0n) is 32.5. The Morgan fingerprint density at radius 1 is 0.383 bits per heavy atom. The average molecular weight is 661 g/mol. The van der Waals surface area contributed by atoms with Crippen molar-refractivity contribution in [3.8, 4) is 17.2 Å². The van der Waals surface area contributed by atoms with Crippen molar-refractivity contribution in [3.05, 3.63) is 88.5 Å². The van der Waals surface area contributed by atoms with E-state index >= 15 is 0 Å². The Labute approximate surface area is 290 Å². The molecule has 0 radical (unpaired) electrons. The molecule has 0 aromatic heterocycles. The Hall–Kier alpha value is -2.51. The van der Waals surface area contributed by atoms with Gasteiger partial charge in [-0.2, -0.15) is 0 Å². The lowest BCUT2D eigenvalue weighted by atomic mass is 9.71. The van der Waals surface area contributed by atoms with Crippen LogP contribution in [0.1, 0.15) is 164 Å². The molecule has 0 bridgehead atoms. The van der Waals surface area contributed by atoms with Gasteiger partial charge in [0.1, 0.15) is 17.2 Å². The number of para-hydroxylation sites is 1. The van der Waals surface area contributed by atoms with Gasteiger partial charge in [-0.3, -0.25) is 0 Å². The summed E-state index contributed by atoms with van der Waals surface area (Å²) in [7, 11) is -1.90. The monoisotopic (exact) mass is 660 g/mol. The molecule has 47 heavy (non-hydrogen) atoms. The van der Waals surface area contributed by atoms with E-state index in [0.29, 0.717) is 0 Å². The summed E-state index contributed by atoms with van der Waals surface area (Å²) in [5.41, 5.74) is 5.98. The normalized spacial score (nSPS) is 13.2. The highest BCUT2D eigenvalue weighted by Gasteiger charge is 2.37. The van der Waals surface area contributed by atoms with Crippen molar-refractivity contribution in [2.75, 3.05) is 0 Å². The maximum atomic E-state index is 7.10. The van der Waals surface area contributed by atoms with Gasteiger partial charge in [0, 0.05) is 16.7 Å². The summed E-state index contributed by atoms with van der Waals surface area (Å²) in [6.07, 6.45) is 5.01. The molecule has 0 amide bonds. The minimum absolute atomic E-state index is 0.0122. The van der Waals surface area contributed by atoms with Crippen LogP contribution >= 0.6 is 8.60 Å². The minimum Gasteiger partial charge on any atom is -0.408 e. The van der Waals surface area contributed by atoms with Crippen molar-refractivity contribution >= 4 is 8.60 Å². The predicted molar refractivity (Wildman–Crippen MR) is 205 cm³/mol. The van der Waals surface area contributed by atoms with Crippen LogP contribution < -0.4 is 13.6 Å². The third-order valence-electron chi connectivity index (χ3n) is 11.4. The first-order valence-corrected chi connectivity index (χ1v) is 19.1. The lowest BCUT2D eigenvalue weighted by Gasteiger charge is -2.36. The molecule has 0 unspecified atom stereocenters. The fourth-order valence-corrected chi connectivity index (χ4v) is 7.12. The topological polar surface area (TPSA) is 27.7 Å². The second-order valence-corrected chi connectivity index (χ2v) is 17.5. The first-order valence-electron chi connectivity index (χ1n) is 18.0. The summed E-state index contributed by atoms with van der Waals surface area (Å²) in [6.45, 7) is 34.5. The largest absolute Gasteiger partial charge is 0.530 e. The van der Waals surface area contributed by atoms with Crippen molar-refractivity contribution in [3.63, 3.8) is 0 Å². The molecule has 0 aliphatic carbocycles. The lowest BCUT2D eigenvalue weighted by molar-refractivity contribution is 0.360. The third-order valence-corrected chi connectivity index (χ3v) is 12.5. The van der Waals surface area contributed by atoms with Gasteiger partial charge in [0.25, 0.3) is 0 Å². The van der Waals surface area contributed by atoms with Crippen molar-refractivity contribution in [2.24, 2.45) is 0 Å². The second-order valence-electron chi connectivity index (χ2n) is 16.5. The molecule has 3 rings (SSSR count). The highest BCUT2D eigenvalue weighted by molar-refractivity contribution is 7.43. The van der Waals surface area contributed by atoms with Gasteiger partial charge in [-0.25, -0.2) is 0 Å². The van der Waals surface area contributed by atoms with Crippen molar-refractivity contribution in [1.29, 1.82) is 0 Å². The molecule has 0 atom stereocenters. The highest BCUT2D eigenvalue weighted by atomic mass is 31.2. The Kier molecular flexibility index (Phi) is 12.4. The van der Waals surface area contributed by atoms with E-state index in [-0.39, 0.29) is 27.1 Å². The van der Waals surface area contributed by atoms with Gasteiger partial charge in [0.15, 0.2) is 0 Å². The summed E-state index contributed by atoms with van der Waals surface area (Å²) >= 11 is 0. The summed E-state index contributed by atoms with van der Waals surface area (Å²) in [6, 6.07) is 21.4. The molecule has 0 N–H and O–H groups in total. The molecule has 0 spiro atoms. The standard InChI is InChI=1S/C43H65O3P/c1-16-39(6,7)31-25-21-22-28-34(31)44-47(45-35-29-23-26-32(40(8,9)17-2)37(35)42(12,13)19-4)46-36-30-24-27-33(41(10,11)18-3)38(36)43(14,15)20-5/h21-30H,16-20H2,1-15H3. The maximum Gasteiger partial charge on any atom is 0.530 e. The maximum absolute atomic E-state index is 7.10. The van der Waals surface area contributed by atoms with Gasteiger partial charge < -0.3 is 13.6 Å². The van der Waals surface area contributed by atoms with Crippen LogP contribution in [0.2, 0.25) is 0 Å². The van der Waals surface area contributed by atoms with Crippen LogP contribution in [0.25, 0.3) is 0 Å². The summed E-state index contributed by atoms with van der Waals surface area (Å²) in [5, 5.41) is 0. The molecule has 3 aromatic rings. The lowest BCUT2D eigenvalue weighted by Crippen LogP contribution is -2.27. The van der Waals surface area contributed by atoms with Gasteiger partial charge >= 0.3 is 8.60 Å². The van der Waals surface area contributed by atoms with Crippen LogP contribution in [-0.2, 0) is 27.1 Å². The zero-order chi connectivity index (χ0) is 35.4. The number of benzene rings is 3. The molecule has 0 saturated carbocycles. The number of hydrogen-bond acceptors (Lipinski definition) is 3. The molecule has 4 heteroatoms. The van der Waals surface area contributed by atoms with E-state index in [4.69, 9.17) is 13.6 Å². The smallest absolute Gasteiger partial charge is 0.408 e. The molecule has 260 valence electrons. The van der Waals surface area contributed by atoms with E-state index in [0.717, 1.165) is 54.9 Å². The molecule has 3 nitrogen and oxygen atoms in total. The van der Waals surface area contributed by atoms with Crippen LogP contribution in [-0.4, -0.2) is 0 Å². The number of hydrogen-bond donors (Lipinski definition) is 0. The van der Waals surface area contributed by atoms with Gasteiger partial charge in [-0.15, -0.1) is 0 Å². The van der Waals surface area contributed by atoms with Crippen LogP contribution in [0.15, 0.2) is 60.7 Å². The van der Waals surface area contributed by atoms with Gasteiger partial charge in [0.05, 0.1) is 0 Å². The van der Waals surface area contributed by atoms with Gasteiger partial charge in [-0.05, 0) is 88.5 Å². The number of rotatable bonds is 16. The molecule has 0 heterocycles. The minimum atomic E-state index is -1.90. The van der Waals surface area contributed by atoms with E-state index in [2.05, 4.69) is 158 Å². The molecular weight excluding hydrogens is 595 g/mol. The zero-order valence-corrected chi connectivity index (χ0v) is 33.4. The van der Waals surface area contributed by atoms with Crippen LogP contribution in [0, 0.1) is 0 Å². The second kappa shape index (κ2) is 14.9. The summed E-state index contributed by atoms with van der Waals surface area (Å²) in [5.74, 6) is 2.50. The van der Waals surface area contributed by atoms with Crippen LogP contribution in [0.3, 0.4) is 0 Å². The van der Waals surface area contributed by atoms with Gasteiger partial charge in [0.2, 0.25) is 0 Å². The molecule has 0 saturated heterocycles. The first kappa shape index (κ1) is 38.9. The molecular formula is C43H65O3P. The van der Waals surface area contributed by atoms with E-state index in [1.807, 2.05) is 6.07 Å². The summed E-state index contributed by atoms with van der Waals surface area (Å²) < 4.78 is 21.2. The SMILES string of the molecule is CCC(C)(C)c1ccccc1OP(Oc1cccc(C(C)(C)CC)c1C(C)(C)CC)Oc1cccc(C(C)(C)CC)c1C(C)(C)CC. The van der Waals surface area contributed by atoms with E-state index in [9.17, 15) is 0 Å². The third kappa shape index (κ3) is 8.57. The average Bonchev–Trinajstić information content (AvgIpc) is 3.04. The fourth-order valence-electron chi connectivity index (χ4n) is 6.07. The Morgan fingerprint density at radius 2 is 0.681 bits per heavy atom. The van der Waals surface area contributed by atoms with Crippen LogP contribution in [0.4, 0.5) is 0 Å². The van der Waals surface area contributed by atoms with E-state index < -0.39 is 8.60 Å². The highest BCUT2D eigenvalue weighted by Crippen LogP contribution is 2.52. The molecule has 3 aromatic carbocycles. The Balaban J connectivity index is 2.32. The molecule has 0 fully saturated rings. The first-order chi connectivity index (χ1) is 21.8. The van der Waals surface area contributed by atoms with Crippen molar-refractivity contribution in [2.45, 2.75) is 163 Å². The van der Waals surface area contributed by atoms with Crippen LogP contribution in [0.5, 0.6) is 17.2 Å².